The molecule has 1 heterocycles. The maximum absolute atomic E-state index is 13.6. The van der Waals surface area contributed by atoms with Gasteiger partial charge in [0.15, 0.2) is 0 Å². The molecule has 2 N–H and O–H groups in total. The number of rotatable bonds is 2. The highest BCUT2D eigenvalue weighted by Gasteiger charge is 2.27. The Hall–Kier alpha value is -1.04. The lowest BCUT2D eigenvalue weighted by Gasteiger charge is -2.33. The minimum atomic E-state index is -0.645. The number of ether oxygens (including phenoxy) is 1. The fraction of sp³-hybridized carbons (Fsp3) is 0.500. The summed E-state index contributed by atoms with van der Waals surface area (Å²) < 4.78 is 32.1. The van der Waals surface area contributed by atoms with Gasteiger partial charge in [-0.15, -0.1) is 0 Å². The first-order chi connectivity index (χ1) is 8.08. The molecule has 5 heteroatoms. The SMILES string of the molecule is CN1CCOC(C(N)c2cc(F)ccc2F)C1. The Morgan fingerprint density at radius 3 is 2.94 bits per heavy atom. The minimum absolute atomic E-state index is 0.172. The van der Waals surface area contributed by atoms with Gasteiger partial charge in [-0.1, -0.05) is 0 Å². The maximum atomic E-state index is 13.6. The first-order valence-corrected chi connectivity index (χ1v) is 5.58. The molecule has 1 aliphatic heterocycles. The highest BCUT2D eigenvalue weighted by Crippen LogP contribution is 2.23. The van der Waals surface area contributed by atoms with Crippen molar-refractivity contribution < 1.29 is 13.5 Å². The monoisotopic (exact) mass is 242 g/mol. The largest absolute Gasteiger partial charge is 0.374 e. The van der Waals surface area contributed by atoms with Gasteiger partial charge < -0.3 is 15.4 Å². The summed E-state index contributed by atoms with van der Waals surface area (Å²) in [6.07, 6.45) is -0.301. The summed E-state index contributed by atoms with van der Waals surface area (Å²) in [4.78, 5) is 2.06. The van der Waals surface area contributed by atoms with Gasteiger partial charge in [-0.3, -0.25) is 0 Å². The van der Waals surface area contributed by atoms with E-state index >= 15 is 0 Å². The summed E-state index contributed by atoms with van der Waals surface area (Å²) in [5.41, 5.74) is 6.11. The first-order valence-electron chi connectivity index (χ1n) is 5.58. The lowest BCUT2D eigenvalue weighted by molar-refractivity contribution is -0.0331. The van der Waals surface area contributed by atoms with Gasteiger partial charge in [0.05, 0.1) is 18.8 Å². The van der Waals surface area contributed by atoms with Crippen molar-refractivity contribution in [3.8, 4) is 0 Å². The predicted octanol–water partition coefficient (Wildman–Crippen LogP) is 1.30. The topological polar surface area (TPSA) is 38.5 Å². The van der Waals surface area contributed by atoms with Gasteiger partial charge in [0.1, 0.15) is 11.6 Å². The lowest BCUT2D eigenvalue weighted by atomic mass is 10.0. The third-order valence-corrected chi connectivity index (χ3v) is 3.01. The highest BCUT2D eigenvalue weighted by molar-refractivity contribution is 5.23. The van der Waals surface area contributed by atoms with Gasteiger partial charge in [0.2, 0.25) is 0 Å². The van der Waals surface area contributed by atoms with Gasteiger partial charge >= 0.3 is 0 Å². The number of benzene rings is 1. The molecule has 1 aliphatic rings. The molecule has 0 amide bonds. The van der Waals surface area contributed by atoms with Crippen LogP contribution >= 0.6 is 0 Å². The quantitative estimate of drug-likeness (QED) is 0.849. The lowest BCUT2D eigenvalue weighted by Crippen LogP contribution is -2.45. The maximum Gasteiger partial charge on any atom is 0.128 e. The molecule has 1 fully saturated rings. The molecular weight excluding hydrogens is 226 g/mol. The number of nitrogens with two attached hydrogens (primary N) is 1. The molecule has 0 radical (unpaired) electrons. The van der Waals surface area contributed by atoms with Crippen LogP contribution < -0.4 is 5.73 Å². The normalized spacial score (nSPS) is 23.6. The van der Waals surface area contributed by atoms with E-state index in [1.165, 1.54) is 0 Å². The highest BCUT2D eigenvalue weighted by atomic mass is 19.1. The molecule has 1 saturated heterocycles. The fourth-order valence-electron chi connectivity index (χ4n) is 2.00. The van der Waals surface area contributed by atoms with E-state index in [0.717, 1.165) is 24.7 Å². The van der Waals surface area contributed by atoms with E-state index in [4.69, 9.17) is 10.5 Å². The zero-order chi connectivity index (χ0) is 12.4. The number of hydrogen-bond acceptors (Lipinski definition) is 3. The van der Waals surface area contributed by atoms with Crippen molar-refractivity contribution in [1.82, 2.24) is 4.90 Å². The molecule has 2 rings (SSSR count). The summed E-state index contributed by atoms with van der Waals surface area (Å²) in [6, 6.07) is 2.67. The molecule has 2 atom stereocenters. The number of hydrogen-bond donors (Lipinski definition) is 1. The molecule has 0 bridgehead atoms. The Morgan fingerprint density at radius 1 is 1.47 bits per heavy atom. The average molecular weight is 242 g/mol. The van der Waals surface area contributed by atoms with Crippen LogP contribution in [0.2, 0.25) is 0 Å². The molecule has 0 spiro atoms. The van der Waals surface area contributed by atoms with Gasteiger partial charge in [0, 0.05) is 18.7 Å². The summed E-state index contributed by atoms with van der Waals surface area (Å²) in [5, 5.41) is 0. The smallest absolute Gasteiger partial charge is 0.128 e. The average Bonchev–Trinajstić information content (AvgIpc) is 2.31. The predicted molar refractivity (Wildman–Crippen MR) is 60.5 cm³/mol. The van der Waals surface area contributed by atoms with Crippen molar-refractivity contribution in [1.29, 1.82) is 0 Å². The van der Waals surface area contributed by atoms with Crippen LogP contribution in [0.5, 0.6) is 0 Å². The Kier molecular flexibility index (Phi) is 3.71. The summed E-state index contributed by atoms with van der Waals surface area (Å²) in [6.45, 7) is 2.01. The number of likely N-dealkylation sites (N-methyl/N-ethyl adjacent to an activating group) is 1. The van der Waals surface area contributed by atoms with Crippen LogP contribution in [0.25, 0.3) is 0 Å². The standard InChI is InChI=1S/C12H16F2N2O/c1-16-4-5-17-11(7-16)12(15)9-6-8(13)2-3-10(9)14/h2-3,6,11-12H,4-5,7,15H2,1H3. The third-order valence-electron chi connectivity index (χ3n) is 3.01. The Labute approximate surface area is 99.2 Å². The van der Waals surface area contributed by atoms with Crippen LogP contribution in [-0.2, 0) is 4.74 Å². The van der Waals surface area contributed by atoms with E-state index in [-0.39, 0.29) is 11.7 Å². The van der Waals surface area contributed by atoms with Crippen LogP contribution in [0.4, 0.5) is 8.78 Å². The number of halogens is 2. The zero-order valence-corrected chi connectivity index (χ0v) is 9.70. The molecule has 17 heavy (non-hydrogen) atoms. The Bertz CT molecular complexity index is 400. The summed E-state index contributed by atoms with van der Waals surface area (Å²) in [5.74, 6) is -0.975. The van der Waals surface area contributed by atoms with E-state index in [2.05, 4.69) is 4.90 Å². The van der Waals surface area contributed by atoms with Crippen LogP contribution in [0.3, 0.4) is 0 Å². The van der Waals surface area contributed by atoms with E-state index < -0.39 is 17.7 Å². The second-order valence-electron chi connectivity index (χ2n) is 4.36. The van der Waals surface area contributed by atoms with Gasteiger partial charge in [-0.05, 0) is 25.2 Å². The van der Waals surface area contributed by atoms with Crippen LogP contribution in [-0.4, -0.2) is 37.7 Å². The molecule has 0 saturated carbocycles. The van der Waals surface area contributed by atoms with Gasteiger partial charge in [-0.2, -0.15) is 0 Å². The van der Waals surface area contributed by atoms with Crippen molar-refractivity contribution in [3.63, 3.8) is 0 Å². The second-order valence-corrected chi connectivity index (χ2v) is 4.36. The molecule has 2 unspecified atom stereocenters. The van der Waals surface area contributed by atoms with Gasteiger partial charge in [0.25, 0.3) is 0 Å². The van der Waals surface area contributed by atoms with Crippen molar-refractivity contribution in [3.05, 3.63) is 35.4 Å². The molecule has 0 aromatic heterocycles. The Morgan fingerprint density at radius 2 is 2.24 bits per heavy atom. The summed E-state index contributed by atoms with van der Waals surface area (Å²) in [7, 11) is 1.95. The van der Waals surface area contributed by atoms with Crippen LogP contribution in [0, 0.1) is 11.6 Å². The minimum Gasteiger partial charge on any atom is -0.374 e. The van der Waals surface area contributed by atoms with E-state index in [1.807, 2.05) is 7.05 Å². The molecule has 3 nitrogen and oxygen atoms in total. The first kappa shape index (κ1) is 12.4. The van der Waals surface area contributed by atoms with Crippen LogP contribution in [0.1, 0.15) is 11.6 Å². The third kappa shape index (κ3) is 2.80. The molecule has 1 aromatic rings. The van der Waals surface area contributed by atoms with E-state index in [1.54, 1.807) is 0 Å². The van der Waals surface area contributed by atoms with Gasteiger partial charge in [-0.25, -0.2) is 8.78 Å². The number of nitrogens with zero attached hydrogens (tertiary/aromatic N) is 1. The van der Waals surface area contributed by atoms with E-state index in [9.17, 15) is 8.78 Å². The number of morpholine rings is 1. The Balaban J connectivity index is 2.18. The molecule has 1 aromatic carbocycles. The molecular formula is C12H16F2N2O. The zero-order valence-electron chi connectivity index (χ0n) is 9.70. The molecule has 0 aliphatic carbocycles. The van der Waals surface area contributed by atoms with Crippen molar-refractivity contribution >= 4 is 0 Å². The van der Waals surface area contributed by atoms with Crippen LogP contribution in [0.15, 0.2) is 18.2 Å². The van der Waals surface area contributed by atoms with E-state index in [0.29, 0.717) is 13.2 Å². The van der Waals surface area contributed by atoms with Crippen molar-refractivity contribution in [2.24, 2.45) is 5.73 Å². The second kappa shape index (κ2) is 5.08. The fourth-order valence-corrected chi connectivity index (χ4v) is 2.00. The molecule has 94 valence electrons. The summed E-state index contributed by atoms with van der Waals surface area (Å²) >= 11 is 0. The van der Waals surface area contributed by atoms with Crippen molar-refractivity contribution in [2.45, 2.75) is 12.1 Å². The van der Waals surface area contributed by atoms with Crippen molar-refractivity contribution in [2.75, 3.05) is 26.7 Å².